The van der Waals surface area contributed by atoms with Gasteiger partial charge in [0.15, 0.2) is 14.1 Å². The third-order valence-corrected chi connectivity index (χ3v) is 13.1. The number of rotatable bonds is 13. The molecule has 0 unspecified atom stereocenters. The predicted octanol–water partition coefficient (Wildman–Crippen LogP) is 7.39. The van der Waals surface area contributed by atoms with Gasteiger partial charge in [0, 0.05) is 42.8 Å². The number of halogens is 3. The third-order valence-electron chi connectivity index (χ3n) is 8.55. The van der Waals surface area contributed by atoms with Gasteiger partial charge in [0.1, 0.15) is 23.2 Å². The molecule has 1 saturated carbocycles. The summed E-state index contributed by atoms with van der Waals surface area (Å²) >= 11 is 0. The third kappa shape index (κ3) is 7.00. The van der Waals surface area contributed by atoms with Crippen molar-refractivity contribution in [2.75, 3.05) is 20.3 Å². The SMILES string of the molecule is COc1cc(-c2cnn3cc(C(C)(C)NCCO[Si](C)(C)C(C)(C)C)ccc23)cc(OC(F)F)c1C(=O)C[C@@H]1C[C@@H]1F. The Morgan fingerprint density at radius 1 is 1.17 bits per heavy atom. The molecule has 1 fully saturated rings. The van der Waals surface area contributed by atoms with Gasteiger partial charge in [-0.25, -0.2) is 8.91 Å². The van der Waals surface area contributed by atoms with Crippen LogP contribution in [0.5, 0.6) is 11.5 Å². The minimum atomic E-state index is -3.15. The monoisotopic (exact) mass is 605 g/mol. The zero-order valence-corrected chi connectivity index (χ0v) is 26.7. The molecule has 4 rings (SSSR count). The number of ether oxygens (including phenoxy) is 2. The van der Waals surface area contributed by atoms with Crippen molar-refractivity contribution in [1.29, 1.82) is 0 Å². The number of benzene rings is 1. The van der Waals surface area contributed by atoms with Crippen molar-refractivity contribution in [3.8, 4) is 22.6 Å². The molecule has 0 saturated heterocycles. The zero-order chi connectivity index (χ0) is 31.0. The van der Waals surface area contributed by atoms with E-state index in [1.165, 1.54) is 13.2 Å². The highest BCUT2D eigenvalue weighted by atomic mass is 28.4. The van der Waals surface area contributed by atoms with Crippen molar-refractivity contribution in [2.24, 2.45) is 5.92 Å². The fourth-order valence-corrected chi connectivity index (χ4v) is 5.74. The van der Waals surface area contributed by atoms with Crippen molar-refractivity contribution in [3.63, 3.8) is 0 Å². The van der Waals surface area contributed by atoms with E-state index in [2.05, 4.69) is 58.1 Å². The van der Waals surface area contributed by atoms with E-state index < -0.39 is 32.8 Å². The van der Waals surface area contributed by atoms with Gasteiger partial charge in [-0.2, -0.15) is 13.9 Å². The van der Waals surface area contributed by atoms with E-state index in [9.17, 15) is 18.0 Å². The van der Waals surface area contributed by atoms with Gasteiger partial charge in [0.05, 0.1) is 18.8 Å². The van der Waals surface area contributed by atoms with Crippen LogP contribution in [0.15, 0.2) is 36.7 Å². The van der Waals surface area contributed by atoms with Crippen molar-refractivity contribution in [3.05, 3.63) is 47.8 Å². The molecule has 230 valence electrons. The first-order valence-electron chi connectivity index (χ1n) is 14.3. The molecule has 7 nitrogen and oxygen atoms in total. The zero-order valence-electron chi connectivity index (χ0n) is 25.7. The topological polar surface area (TPSA) is 74.1 Å². The van der Waals surface area contributed by atoms with E-state index >= 15 is 0 Å². The van der Waals surface area contributed by atoms with E-state index in [1.54, 1.807) is 16.8 Å². The Labute approximate surface area is 246 Å². The first-order chi connectivity index (χ1) is 19.5. The summed E-state index contributed by atoms with van der Waals surface area (Å²) in [6, 6.07) is 6.91. The lowest BCUT2D eigenvalue weighted by atomic mass is 9.95. The number of methoxy groups -OCH3 is 1. The minimum absolute atomic E-state index is 0.0884. The normalized spacial score (nSPS) is 17.6. The lowest BCUT2D eigenvalue weighted by Crippen LogP contribution is -2.44. The lowest BCUT2D eigenvalue weighted by Gasteiger charge is -2.36. The lowest BCUT2D eigenvalue weighted by molar-refractivity contribution is -0.0502. The summed E-state index contributed by atoms with van der Waals surface area (Å²) in [4.78, 5) is 13.0. The fraction of sp³-hybridized carbons (Fsp3) is 0.548. The molecule has 1 aromatic carbocycles. The number of alkyl halides is 3. The largest absolute Gasteiger partial charge is 0.496 e. The highest BCUT2D eigenvalue weighted by molar-refractivity contribution is 6.74. The quantitative estimate of drug-likeness (QED) is 0.124. The average molecular weight is 606 g/mol. The predicted molar refractivity (Wildman–Crippen MR) is 160 cm³/mol. The average Bonchev–Trinajstić information content (AvgIpc) is 3.41. The Hall–Kier alpha value is -2.89. The van der Waals surface area contributed by atoms with Crippen LogP contribution >= 0.6 is 0 Å². The second kappa shape index (κ2) is 12.0. The molecule has 0 bridgehead atoms. The van der Waals surface area contributed by atoms with E-state index in [0.29, 0.717) is 30.7 Å². The Morgan fingerprint density at radius 2 is 1.83 bits per heavy atom. The van der Waals surface area contributed by atoms with Crippen LogP contribution in [0, 0.1) is 5.92 Å². The van der Waals surface area contributed by atoms with Crippen molar-refractivity contribution in [1.82, 2.24) is 14.9 Å². The number of nitrogens with one attached hydrogen (secondary N) is 1. The number of carbonyl (C=O) groups is 1. The van der Waals surface area contributed by atoms with Crippen molar-refractivity contribution < 1.29 is 31.9 Å². The van der Waals surface area contributed by atoms with Crippen LogP contribution in [0.3, 0.4) is 0 Å². The molecule has 2 heterocycles. The number of hydrogen-bond donors (Lipinski definition) is 1. The molecule has 0 spiro atoms. The van der Waals surface area contributed by atoms with Crippen LogP contribution in [-0.4, -0.2) is 56.8 Å². The number of nitrogens with zero attached hydrogens (tertiary/aromatic N) is 2. The number of hydrogen-bond acceptors (Lipinski definition) is 6. The van der Waals surface area contributed by atoms with E-state index in [4.69, 9.17) is 13.9 Å². The molecule has 2 aromatic heterocycles. The van der Waals surface area contributed by atoms with Gasteiger partial charge in [-0.05, 0) is 67.7 Å². The van der Waals surface area contributed by atoms with Gasteiger partial charge in [-0.1, -0.05) is 26.8 Å². The molecule has 1 aliphatic carbocycles. The Balaban J connectivity index is 1.58. The highest BCUT2D eigenvalue weighted by Crippen LogP contribution is 2.42. The van der Waals surface area contributed by atoms with Crippen LogP contribution in [0.25, 0.3) is 16.6 Å². The number of ketones is 1. The Morgan fingerprint density at radius 3 is 2.43 bits per heavy atom. The number of Topliss-reactive ketones (excluding diaryl/α,β-unsaturated/α-hetero) is 1. The van der Waals surface area contributed by atoms with Crippen LogP contribution in [-0.2, 0) is 9.96 Å². The van der Waals surface area contributed by atoms with Crippen molar-refractivity contribution >= 4 is 19.6 Å². The molecule has 0 aliphatic heterocycles. The molecule has 1 aliphatic rings. The van der Waals surface area contributed by atoms with Gasteiger partial charge in [0.25, 0.3) is 0 Å². The first-order valence-corrected chi connectivity index (χ1v) is 17.2. The van der Waals surface area contributed by atoms with E-state index in [-0.39, 0.29) is 34.1 Å². The van der Waals surface area contributed by atoms with Crippen LogP contribution in [0.1, 0.15) is 63.4 Å². The van der Waals surface area contributed by atoms with Gasteiger partial charge in [0.2, 0.25) is 0 Å². The highest BCUT2D eigenvalue weighted by Gasteiger charge is 2.40. The minimum Gasteiger partial charge on any atom is -0.496 e. The summed E-state index contributed by atoms with van der Waals surface area (Å²) in [6.45, 7) is 13.5. The van der Waals surface area contributed by atoms with Crippen LogP contribution < -0.4 is 14.8 Å². The van der Waals surface area contributed by atoms with E-state index in [0.717, 1.165) is 11.1 Å². The van der Waals surface area contributed by atoms with Crippen LogP contribution in [0.2, 0.25) is 18.1 Å². The molecule has 1 N–H and O–H groups in total. The maximum absolute atomic E-state index is 13.5. The molecule has 11 heteroatoms. The van der Waals surface area contributed by atoms with Gasteiger partial charge in [-0.3, -0.25) is 4.79 Å². The molecular formula is C31H42F3N3O4Si. The van der Waals surface area contributed by atoms with Gasteiger partial charge >= 0.3 is 6.61 Å². The smallest absolute Gasteiger partial charge is 0.387 e. The number of carbonyl (C=O) groups excluding carboxylic acids is 1. The Bertz CT molecular complexity index is 1430. The second-order valence-corrected chi connectivity index (χ2v) is 17.8. The molecule has 0 amide bonds. The summed E-state index contributed by atoms with van der Waals surface area (Å²) in [5.74, 6) is -1.11. The molecular weight excluding hydrogens is 563 g/mol. The summed E-state index contributed by atoms with van der Waals surface area (Å²) in [7, 11) is -0.478. The van der Waals surface area contributed by atoms with Crippen LogP contribution in [0.4, 0.5) is 13.2 Å². The standard InChI is InChI=1S/C31H42F3N3O4Si/c1-30(2,3)42(7,8)40-12-11-35-31(4,5)21-9-10-24-22(17-36-37(24)18-21)19-15-26(39-6)28(27(16-19)41-29(33)34)25(38)14-20-13-23(20)32/h9-10,15-18,20,23,29,35H,11-14H2,1-8H3/t20-,23-/m0/s1. The second-order valence-electron chi connectivity index (χ2n) is 13.0. The first kappa shape index (κ1) is 32.0. The summed E-state index contributed by atoms with van der Waals surface area (Å²) in [6.07, 6.45) is 2.71. The van der Waals surface area contributed by atoms with E-state index in [1.807, 2.05) is 18.3 Å². The summed E-state index contributed by atoms with van der Waals surface area (Å²) in [5.41, 5.74) is 2.40. The molecule has 42 heavy (non-hydrogen) atoms. The van der Waals surface area contributed by atoms with Gasteiger partial charge < -0.3 is 19.2 Å². The van der Waals surface area contributed by atoms with Crippen molar-refractivity contribution in [2.45, 2.75) is 83.9 Å². The molecule has 0 radical (unpaired) electrons. The molecule has 3 aromatic rings. The fourth-order valence-electron chi connectivity index (χ4n) is 4.70. The maximum Gasteiger partial charge on any atom is 0.387 e. The number of fused-ring (bicyclic) bond motifs is 1. The number of aromatic nitrogens is 2. The summed E-state index contributed by atoms with van der Waals surface area (Å²) in [5, 5.41) is 8.24. The summed E-state index contributed by atoms with van der Waals surface area (Å²) < 4.78 is 58.4. The van der Waals surface area contributed by atoms with Gasteiger partial charge in [-0.15, -0.1) is 0 Å². The maximum atomic E-state index is 13.5. The molecule has 2 atom stereocenters. The number of pyridine rings is 1. The Kier molecular flexibility index (Phi) is 9.16.